The van der Waals surface area contributed by atoms with Crippen molar-refractivity contribution in [3.8, 4) is 55.6 Å². The molecule has 0 atom stereocenters. The number of hydrogen-bond donors (Lipinski definition) is 0. The molecular formula is C70H53NSi. The van der Waals surface area contributed by atoms with Crippen molar-refractivity contribution in [2.75, 3.05) is 4.90 Å². The zero-order valence-corrected chi connectivity index (χ0v) is 42.1. The highest BCUT2D eigenvalue weighted by Gasteiger charge is 2.48. The zero-order chi connectivity index (χ0) is 48.3. The minimum Gasteiger partial charge on any atom is -0.310 e. The molecule has 0 spiro atoms. The normalized spacial score (nSPS) is 14.7. The number of hydrogen-bond acceptors (Lipinski definition) is 1. The van der Waals surface area contributed by atoms with Gasteiger partial charge >= 0.3 is 0 Å². The highest BCUT2D eigenvalue weighted by atomic mass is 28.3. The van der Waals surface area contributed by atoms with Crippen molar-refractivity contribution in [3.05, 3.63) is 271 Å². The molecule has 0 fully saturated rings. The van der Waals surface area contributed by atoms with Crippen molar-refractivity contribution in [3.63, 3.8) is 0 Å². The number of nitrogens with zero attached hydrogens (tertiary/aromatic N) is 1. The predicted octanol–water partition coefficient (Wildman–Crippen LogP) is 15.6. The summed E-state index contributed by atoms with van der Waals surface area (Å²) in [6, 6.07) is 94.3. The molecule has 72 heavy (non-hydrogen) atoms. The van der Waals surface area contributed by atoms with E-state index in [4.69, 9.17) is 0 Å². The third-order valence-electron chi connectivity index (χ3n) is 16.8. The summed E-state index contributed by atoms with van der Waals surface area (Å²) < 4.78 is 0. The van der Waals surface area contributed by atoms with Crippen LogP contribution in [0.1, 0.15) is 49.9 Å². The lowest BCUT2D eigenvalue weighted by Crippen LogP contribution is -2.72. The van der Waals surface area contributed by atoms with E-state index < -0.39 is 8.07 Å². The first-order valence-electron chi connectivity index (χ1n) is 25.5. The Kier molecular flexibility index (Phi) is 9.37. The smallest absolute Gasteiger partial charge is 0.180 e. The molecule has 3 aliphatic rings. The van der Waals surface area contributed by atoms with Gasteiger partial charge in [-0.1, -0.05) is 234 Å². The van der Waals surface area contributed by atoms with Crippen LogP contribution in [-0.2, 0) is 10.8 Å². The Morgan fingerprint density at radius 1 is 0.292 bits per heavy atom. The molecule has 0 amide bonds. The molecule has 1 aliphatic heterocycles. The van der Waals surface area contributed by atoms with Gasteiger partial charge in [0.1, 0.15) is 0 Å². The fourth-order valence-electron chi connectivity index (χ4n) is 13.2. The maximum Gasteiger partial charge on any atom is 0.180 e. The van der Waals surface area contributed by atoms with Crippen LogP contribution in [0.25, 0.3) is 66.4 Å². The lowest BCUT2D eigenvalue weighted by Gasteiger charge is -2.31. The van der Waals surface area contributed by atoms with E-state index in [1.165, 1.54) is 109 Å². The Balaban J connectivity index is 0.887. The molecule has 0 radical (unpaired) electrons. The Bertz CT molecular complexity index is 3940. The molecule has 0 saturated carbocycles. The Morgan fingerprint density at radius 2 is 0.792 bits per heavy atom. The standard InChI is InChI=1S/C70H53NSi/c1-69(2)63-29-13-10-25-57(63)58-40-37-52(45-66(58)69)71(50-35-32-47(33-36-50)56-28-17-19-46-18-8-9-24-55(46)56)51-38-41-64-62(44-51)59-39-34-49(43-65(59)70(64,3)4)48-20-16-23-54(42-48)72(53-21-6-5-7-22-53)67-30-14-11-26-60(67)61-27-12-15-31-68(61)72/h5-45H,1-4H3. The molecule has 1 heterocycles. The van der Waals surface area contributed by atoms with Crippen molar-refractivity contribution in [1.29, 1.82) is 0 Å². The molecule has 11 aromatic rings. The van der Waals surface area contributed by atoms with E-state index in [-0.39, 0.29) is 10.8 Å². The molecule has 0 unspecified atom stereocenters. The second kappa shape index (κ2) is 15.9. The molecular weight excluding hydrogens is 883 g/mol. The van der Waals surface area contributed by atoms with E-state index in [1.54, 1.807) is 0 Å². The lowest BCUT2D eigenvalue weighted by molar-refractivity contribution is 0.660. The van der Waals surface area contributed by atoms with Gasteiger partial charge in [-0.25, -0.2) is 0 Å². The van der Waals surface area contributed by atoms with Crippen molar-refractivity contribution >= 4 is 56.7 Å². The second-order valence-electron chi connectivity index (χ2n) is 21.2. The largest absolute Gasteiger partial charge is 0.310 e. The van der Waals surface area contributed by atoms with Gasteiger partial charge in [-0.05, 0) is 152 Å². The Morgan fingerprint density at radius 3 is 1.57 bits per heavy atom. The molecule has 342 valence electrons. The summed E-state index contributed by atoms with van der Waals surface area (Å²) in [5.74, 6) is 0. The zero-order valence-electron chi connectivity index (χ0n) is 41.1. The van der Waals surface area contributed by atoms with Gasteiger partial charge in [0.05, 0.1) is 0 Å². The predicted molar refractivity (Wildman–Crippen MR) is 307 cm³/mol. The quantitative estimate of drug-likeness (QED) is 0.144. The first-order valence-corrected chi connectivity index (χ1v) is 27.5. The summed E-state index contributed by atoms with van der Waals surface area (Å²) >= 11 is 0. The minimum absolute atomic E-state index is 0.125. The molecule has 1 nitrogen and oxygen atoms in total. The van der Waals surface area contributed by atoms with E-state index in [0.29, 0.717) is 0 Å². The SMILES string of the molecule is CC1(C)c2ccc(N(c3ccc(-c4cccc5ccccc45)cc3)c3ccc4c(c3)C(C)(C)c3ccccc3-4)cc2-c2ccc(-c3cccc([Si]4(c5ccccc5)c5ccccc5-c5ccccc54)c3)cc21. The van der Waals surface area contributed by atoms with Crippen molar-refractivity contribution in [1.82, 2.24) is 0 Å². The fraction of sp³-hybridized carbons (Fsp3) is 0.0857. The third-order valence-corrected chi connectivity index (χ3v) is 21.6. The maximum atomic E-state index is 2.52. The number of fused-ring (bicyclic) bond motifs is 10. The van der Waals surface area contributed by atoms with Gasteiger partial charge in [-0.2, -0.15) is 0 Å². The molecule has 2 heteroatoms. The fourth-order valence-corrected chi connectivity index (χ4v) is 18.5. The topological polar surface area (TPSA) is 3.24 Å². The number of anilines is 3. The molecule has 0 saturated heterocycles. The van der Waals surface area contributed by atoms with Gasteiger partial charge in [0.2, 0.25) is 0 Å². The molecule has 0 N–H and O–H groups in total. The summed E-state index contributed by atoms with van der Waals surface area (Å²) in [7, 11) is -2.63. The third kappa shape index (κ3) is 6.12. The summed E-state index contributed by atoms with van der Waals surface area (Å²) in [4.78, 5) is 2.48. The molecule has 14 rings (SSSR count). The Labute approximate surface area is 424 Å². The minimum atomic E-state index is -2.63. The first kappa shape index (κ1) is 42.6. The van der Waals surface area contributed by atoms with Gasteiger partial charge in [-0.15, -0.1) is 0 Å². The van der Waals surface area contributed by atoms with Crippen LogP contribution in [0.3, 0.4) is 0 Å². The van der Waals surface area contributed by atoms with Crippen LogP contribution in [0.5, 0.6) is 0 Å². The van der Waals surface area contributed by atoms with Crippen molar-refractivity contribution in [2.24, 2.45) is 0 Å². The van der Waals surface area contributed by atoms with Gasteiger partial charge < -0.3 is 4.90 Å². The monoisotopic (exact) mass is 935 g/mol. The summed E-state index contributed by atoms with van der Waals surface area (Å²) in [5, 5.41) is 8.30. The number of benzene rings is 11. The van der Waals surface area contributed by atoms with Crippen LogP contribution in [0, 0.1) is 0 Å². The summed E-state index contributed by atoms with van der Waals surface area (Å²) in [6.07, 6.45) is 0. The summed E-state index contributed by atoms with van der Waals surface area (Å²) in [6.45, 7) is 9.57. The molecule has 0 aromatic heterocycles. The van der Waals surface area contributed by atoms with Crippen LogP contribution >= 0.6 is 0 Å². The average molecular weight is 936 g/mol. The Hall–Kier alpha value is -8.30. The maximum absolute atomic E-state index is 2.63. The van der Waals surface area contributed by atoms with Crippen LogP contribution in [-0.4, -0.2) is 8.07 Å². The summed E-state index contributed by atoms with van der Waals surface area (Å²) in [5.41, 5.74) is 21.6. The highest BCUT2D eigenvalue weighted by Crippen LogP contribution is 2.54. The first-order chi connectivity index (χ1) is 35.2. The van der Waals surface area contributed by atoms with E-state index in [0.717, 1.165) is 17.1 Å². The molecule has 11 aromatic carbocycles. The van der Waals surface area contributed by atoms with E-state index in [1.807, 2.05) is 0 Å². The van der Waals surface area contributed by atoms with Crippen molar-refractivity contribution in [2.45, 2.75) is 38.5 Å². The van der Waals surface area contributed by atoms with E-state index >= 15 is 0 Å². The number of rotatable bonds is 7. The van der Waals surface area contributed by atoms with Gasteiger partial charge in [0.25, 0.3) is 0 Å². The van der Waals surface area contributed by atoms with E-state index in [9.17, 15) is 0 Å². The van der Waals surface area contributed by atoms with Gasteiger partial charge in [0, 0.05) is 27.9 Å². The lowest BCUT2D eigenvalue weighted by atomic mass is 9.81. The molecule has 0 bridgehead atoms. The van der Waals surface area contributed by atoms with Crippen LogP contribution in [0.4, 0.5) is 17.1 Å². The van der Waals surface area contributed by atoms with Crippen LogP contribution < -0.4 is 25.6 Å². The van der Waals surface area contributed by atoms with Crippen molar-refractivity contribution < 1.29 is 0 Å². The molecule has 2 aliphatic carbocycles. The highest BCUT2D eigenvalue weighted by molar-refractivity contribution is 7.22. The van der Waals surface area contributed by atoms with Gasteiger partial charge in [0.15, 0.2) is 8.07 Å². The van der Waals surface area contributed by atoms with Crippen LogP contribution in [0.15, 0.2) is 249 Å². The second-order valence-corrected chi connectivity index (χ2v) is 24.9. The van der Waals surface area contributed by atoms with Crippen LogP contribution in [0.2, 0.25) is 0 Å². The van der Waals surface area contributed by atoms with E-state index in [2.05, 4.69) is 281 Å². The average Bonchev–Trinajstić information content (AvgIpc) is 3.95. The van der Waals surface area contributed by atoms with Gasteiger partial charge in [-0.3, -0.25) is 0 Å².